The molecule has 0 bridgehead atoms. The zero-order valence-electron chi connectivity index (χ0n) is 19.0. The second kappa shape index (κ2) is 9.59. The third kappa shape index (κ3) is 4.55. The van der Waals surface area contributed by atoms with E-state index >= 15 is 0 Å². The van der Waals surface area contributed by atoms with Crippen molar-refractivity contribution in [2.75, 3.05) is 40.0 Å². The summed E-state index contributed by atoms with van der Waals surface area (Å²) >= 11 is 0. The van der Waals surface area contributed by atoms with E-state index in [1.54, 1.807) is 14.2 Å². The van der Waals surface area contributed by atoms with Gasteiger partial charge < -0.3 is 19.4 Å². The number of rotatable bonds is 7. The Labute approximate surface area is 190 Å². The number of amides is 1. The van der Waals surface area contributed by atoms with Crippen LogP contribution in [0.25, 0.3) is 11.2 Å². The van der Waals surface area contributed by atoms with E-state index in [0.29, 0.717) is 19.8 Å². The molecule has 1 fully saturated rings. The second-order valence-electron chi connectivity index (χ2n) is 7.99. The van der Waals surface area contributed by atoms with Crippen LogP contribution in [0.3, 0.4) is 0 Å². The van der Waals surface area contributed by atoms with Gasteiger partial charge in [0.25, 0.3) is 5.56 Å². The number of nitrogens with zero attached hydrogens (tertiary/aromatic N) is 5. The lowest BCUT2D eigenvalue weighted by atomic mass is 10.0. The van der Waals surface area contributed by atoms with Gasteiger partial charge in [-0.3, -0.25) is 23.6 Å². The molecule has 1 aliphatic heterocycles. The first kappa shape index (κ1) is 22.7. The molecule has 0 aliphatic carbocycles. The van der Waals surface area contributed by atoms with Crippen molar-refractivity contribution in [3.8, 4) is 5.75 Å². The first-order chi connectivity index (χ1) is 15.9. The molecule has 0 saturated carbocycles. The maximum atomic E-state index is 12.8. The van der Waals surface area contributed by atoms with Crippen molar-refractivity contribution < 1.29 is 14.3 Å². The molecule has 1 amide bonds. The van der Waals surface area contributed by atoms with Gasteiger partial charge in [0.2, 0.25) is 5.91 Å². The summed E-state index contributed by atoms with van der Waals surface area (Å²) in [6.07, 6.45) is 1.41. The van der Waals surface area contributed by atoms with E-state index in [0.717, 1.165) is 29.0 Å². The molecule has 1 aliphatic rings. The minimum Gasteiger partial charge on any atom is -0.497 e. The molecule has 0 radical (unpaired) electrons. The summed E-state index contributed by atoms with van der Waals surface area (Å²) < 4.78 is 14.5. The van der Waals surface area contributed by atoms with Gasteiger partial charge in [-0.1, -0.05) is 12.1 Å². The van der Waals surface area contributed by atoms with Gasteiger partial charge in [0.1, 0.15) is 12.3 Å². The van der Waals surface area contributed by atoms with Crippen LogP contribution in [0.5, 0.6) is 5.75 Å². The molecular formula is C22H28N6O5. The quantitative estimate of drug-likeness (QED) is 0.516. The molecule has 0 unspecified atom stereocenters. The molecular weight excluding hydrogens is 428 g/mol. The molecule has 1 saturated heterocycles. The van der Waals surface area contributed by atoms with Crippen LogP contribution in [0.4, 0.5) is 0 Å². The van der Waals surface area contributed by atoms with Crippen molar-refractivity contribution in [3.63, 3.8) is 0 Å². The molecule has 33 heavy (non-hydrogen) atoms. The van der Waals surface area contributed by atoms with Gasteiger partial charge in [-0.2, -0.15) is 0 Å². The van der Waals surface area contributed by atoms with Crippen LogP contribution in [0.1, 0.15) is 11.6 Å². The Bertz CT molecular complexity index is 1250. The van der Waals surface area contributed by atoms with Gasteiger partial charge in [0.15, 0.2) is 11.2 Å². The minimum atomic E-state index is -0.483. The van der Waals surface area contributed by atoms with Gasteiger partial charge in [0.05, 0.1) is 32.7 Å². The van der Waals surface area contributed by atoms with Crippen molar-refractivity contribution in [3.05, 3.63) is 57.0 Å². The minimum absolute atomic E-state index is 0.0306. The van der Waals surface area contributed by atoms with E-state index in [1.807, 2.05) is 24.3 Å². The number of morpholine rings is 1. The van der Waals surface area contributed by atoms with Gasteiger partial charge >= 0.3 is 5.69 Å². The Hall–Kier alpha value is -3.44. The number of hydrogen-bond donors (Lipinski definition) is 1. The highest BCUT2D eigenvalue weighted by Crippen LogP contribution is 2.23. The maximum absolute atomic E-state index is 12.8. The first-order valence-corrected chi connectivity index (χ1v) is 10.7. The lowest BCUT2D eigenvalue weighted by Gasteiger charge is -2.35. The number of methoxy groups -OCH3 is 1. The number of imidazole rings is 1. The van der Waals surface area contributed by atoms with E-state index in [9.17, 15) is 14.4 Å². The number of carbonyl (C=O) groups is 1. The molecule has 1 aromatic carbocycles. The molecule has 4 rings (SSSR count). The summed E-state index contributed by atoms with van der Waals surface area (Å²) in [6, 6.07) is 7.78. The van der Waals surface area contributed by atoms with E-state index in [1.165, 1.54) is 22.5 Å². The molecule has 176 valence electrons. The monoisotopic (exact) mass is 456 g/mol. The van der Waals surface area contributed by atoms with Crippen LogP contribution in [0.2, 0.25) is 0 Å². The summed E-state index contributed by atoms with van der Waals surface area (Å²) in [7, 11) is 4.58. The van der Waals surface area contributed by atoms with Crippen LogP contribution in [-0.4, -0.2) is 69.5 Å². The zero-order valence-corrected chi connectivity index (χ0v) is 19.0. The second-order valence-corrected chi connectivity index (χ2v) is 7.99. The molecule has 1 N–H and O–H groups in total. The number of carbonyl (C=O) groups excluding carboxylic acids is 1. The number of nitrogens with one attached hydrogen (secondary N) is 1. The van der Waals surface area contributed by atoms with Crippen LogP contribution in [0.15, 0.2) is 40.2 Å². The summed E-state index contributed by atoms with van der Waals surface area (Å²) in [5, 5.41) is 2.99. The van der Waals surface area contributed by atoms with Crippen LogP contribution in [-0.2, 0) is 30.2 Å². The Balaban J connectivity index is 1.52. The van der Waals surface area contributed by atoms with Crippen LogP contribution < -0.4 is 21.3 Å². The largest absolute Gasteiger partial charge is 0.497 e. The summed E-state index contributed by atoms with van der Waals surface area (Å²) in [5.41, 5.74) is 0.586. The predicted molar refractivity (Wildman–Crippen MR) is 121 cm³/mol. The van der Waals surface area contributed by atoms with Crippen molar-refractivity contribution >= 4 is 17.1 Å². The van der Waals surface area contributed by atoms with E-state index in [2.05, 4.69) is 15.2 Å². The van der Waals surface area contributed by atoms with E-state index in [4.69, 9.17) is 9.47 Å². The Morgan fingerprint density at radius 1 is 1.15 bits per heavy atom. The number of ether oxygens (including phenoxy) is 2. The smallest absolute Gasteiger partial charge is 0.332 e. The fraction of sp³-hybridized carbons (Fsp3) is 0.455. The molecule has 2 aromatic heterocycles. The van der Waals surface area contributed by atoms with Gasteiger partial charge in [-0.15, -0.1) is 0 Å². The molecule has 3 heterocycles. The SMILES string of the molecule is COc1ccc([C@@H](CNC(=O)Cn2cnc3c2c(=O)n(C)c(=O)n3C)N2CCOCC2)cc1. The Morgan fingerprint density at radius 3 is 2.52 bits per heavy atom. The topological polar surface area (TPSA) is 113 Å². The summed E-state index contributed by atoms with van der Waals surface area (Å²) in [4.78, 5) is 44.0. The Morgan fingerprint density at radius 2 is 1.85 bits per heavy atom. The number of hydrogen-bond acceptors (Lipinski definition) is 7. The number of fused-ring (bicyclic) bond motifs is 1. The molecule has 11 nitrogen and oxygen atoms in total. The molecule has 11 heteroatoms. The highest BCUT2D eigenvalue weighted by atomic mass is 16.5. The van der Waals surface area contributed by atoms with Gasteiger partial charge in [-0.25, -0.2) is 9.78 Å². The van der Waals surface area contributed by atoms with Gasteiger partial charge in [-0.05, 0) is 17.7 Å². The summed E-state index contributed by atoms with van der Waals surface area (Å²) in [6.45, 7) is 3.13. The van der Waals surface area contributed by atoms with E-state index < -0.39 is 11.2 Å². The van der Waals surface area contributed by atoms with Crippen molar-refractivity contribution in [2.24, 2.45) is 14.1 Å². The average Bonchev–Trinajstić information content (AvgIpc) is 3.26. The van der Waals surface area contributed by atoms with Crippen molar-refractivity contribution in [1.29, 1.82) is 0 Å². The van der Waals surface area contributed by atoms with E-state index in [-0.39, 0.29) is 29.7 Å². The third-order valence-corrected chi connectivity index (χ3v) is 6.01. The van der Waals surface area contributed by atoms with Gasteiger partial charge in [0, 0.05) is 33.7 Å². The fourth-order valence-corrected chi connectivity index (χ4v) is 4.11. The first-order valence-electron chi connectivity index (χ1n) is 10.7. The van der Waals surface area contributed by atoms with Crippen LogP contribution in [0, 0.1) is 0 Å². The molecule has 0 spiro atoms. The maximum Gasteiger partial charge on any atom is 0.332 e. The van der Waals surface area contributed by atoms with Crippen molar-refractivity contribution in [2.45, 2.75) is 12.6 Å². The predicted octanol–water partition coefficient (Wildman–Crippen LogP) is -0.368. The molecule has 3 aromatic rings. The average molecular weight is 457 g/mol. The lowest BCUT2D eigenvalue weighted by Crippen LogP contribution is -2.44. The third-order valence-electron chi connectivity index (χ3n) is 6.01. The highest BCUT2D eigenvalue weighted by Gasteiger charge is 2.24. The number of benzene rings is 1. The normalized spacial score (nSPS) is 15.5. The highest BCUT2D eigenvalue weighted by molar-refractivity contribution is 5.78. The van der Waals surface area contributed by atoms with Crippen LogP contribution >= 0.6 is 0 Å². The zero-order chi connectivity index (χ0) is 23.5. The number of aromatic nitrogens is 4. The molecule has 1 atom stereocenters. The Kier molecular flexibility index (Phi) is 6.61. The van der Waals surface area contributed by atoms with Crippen molar-refractivity contribution in [1.82, 2.24) is 28.9 Å². The lowest BCUT2D eigenvalue weighted by molar-refractivity contribution is -0.122. The number of aryl methyl sites for hydroxylation is 1. The summed E-state index contributed by atoms with van der Waals surface area (Å²) in [5.74, 6) is 0.517. The standard InChI is InChI=1S/C22H28N6O5/c1-25-20-19(21(30)26(2)22(25)31)28(14-24-20)13-18(29)23-12-17(27-8-10-33-11-9-27)15-4-6-16(32-3)7-5-15/h4-7,14,17H,8-13H2,1-3H3,(H,23,29)/t17-/m1/s1. The fourth-order valence-electron chi connectivity index (χ4n) is 4.11.